The molecule has 1 heterocycles. The minimum absolute atomic E-state index is 0.195. The van der Waals surface area contributed by atoms with Gasteiger partial charge < -0.3 is 10.1 Å². The van der Waals surface area contributed by atoms with Crippen molar-refractivity contribution in [2.75, 3.05) is 39.4 Å². The second-order valence-corrected chi connectivity index (χ2v) is 5.53. The van der Waals surface area contributed by atoms with Crippen LogP contribution in [0.2, 0.25) is 0 Å². The Morgan fingerprint density at radius 2 is 2.06 bits per heavy atom. The summed E-state index contributed by atoms with van der Waals surface area (Å²) in [7, 11) is -3.35. The molecule has 1 unspecified atom stereocenters. The maximum absolute atomic E-state index is 11.9. The molecule has 1 atom stereocenters. The van der Waals surface area contributed by atoms with Crippen molar-refractivity contribution >= 4 is 10.2 Å². The lowest BCUT2D eigenvalue weighted by atomic mass is 10.4. The highest BCUT2D eigenvalue weighted by Crippen LogP contribution is 2.01. The van der Waals surface area contributed by atoms with E-state index in [4.69, 9.17) is 4.74 Å². The molecule has 2 N–H and O–H groups in total. The van der Waals surface area contributed by atoms with E-state index in [2.05, 4.69) is 10.0 Å². The molecule has 0 aromatic heterocycles. The van der Waals surface area contributed by atoms with Gasteiger partial charge in [0.2, 0.25) is 0 Å². The highest BCUT2D eigenvalue weighted by Gasteiger charge is 2.24. The van der Waals surface area contributed by atoms with E-state index >= 15 is 0 Å². The molecule has 1 aliphatic heterocycles. The van der Waals surface area contributed by atoms with Crippen LogP contribution in [0.4, 0.5) is 0 Å². The van der Waals surface area contributed by atoms with Gasteiger partial charge in [0.15, 0.2) is 0 Å². The summed E-state index contributed by atoms with van der Waals surface area (Å²) in [5.41, 5.74) is 0. The van der Waals surface area contributed by atoms with Crippen molar-refractivity contribution in [3.63, 3.8) is 0 Å². The molecule has 1 fully saturated rings. The second-order valence-electron chi connectivity index (χ2n) is 3.83. The van der Waals surface area contributed by atoms with Gasteiger partial charge in [0.05, 0.1) is 6.61 Å². The van der Waals surface area contributed by atoms with Gasteiger partial charge in [-0.15, -0.1) is 0 Å². The van der Waals surface area contributed by atoms with Crippen molar-refractivity contribution in [2.45, 2.75) is 19.9 Å². The molecule has 0 spiro atoms. The number of rotatable bonds is 6. The van der Waals surface area contributed by atoms with Crippen LogP contribution in [-0.4, -0.2) is 58.2 Å². The lowest BCUT2D eigenvalue weighted by Gasteiger charge is -2.28. The highest BCUT2D eigenvalue weighted by atomic mass is 32.2. The summed E-state index contributed by atoms with van der Waals surface area (Å²) in [6.07, 6.45) is 0. The minimum Gasteiger partial charge on any atom is -0.380 e. The summed E-state index contributed by atoms with van der Waals surface area (Å²) in [4.78, 5) is 0. The molecule has 1 rings (SSSR count). The standard InChI is InChI=1S/C9H21N3O3S/c1-3-15-8-9(2)11-16(13,14)12-6-4-10-5-7-12/h9-11H,3-8H2,1-2H3. The van der Waals surface area contributed by atoms with E-state index in [1.807, 2.05) is 6.92 Å². The van der Waals surface area contributed by atoms with E-state index < -0.39 is 10.2 Å². The molecule has 0 bridgehead atoms. The molecular formula is C9H21N3O3S. The minimum atomic E-state index is -3.35. The van der Waals surface area contributed by atoms with Crippen LogP contribution in [0.5, 0.6) is 0 Å². The van der Waals surface area contributed by atoms with Gasteiger partial charge in [-0.25, -0.2) is 0 Å². The van der Waals surface area contributed by atoms with Crippen LogP contribution in [-0.2, 0) is 14.9 Å². The lowest BCUT2D eigenvalue weighted by molar-refractivity contribution is 0.132. The van der Waals surface area contributed by atoms with Crippen molar-refractivity contribution in [1.82, 2.24) is 14.3 Å². The van der Waals surface area contributed by atoms with E-state index in [0.717, 1.165) is 0 Å². The molecule has 0 radical (unpaired) electrons. The van der Waals surface area contributed by atoms with Crippen LogP contribution in [0.1, 0.15) is 13.8 Å². The third-order valence-corrected chi connectivity index (χ3v) is 4.08. The molecule has 6 nitrogen and oxygen atoms in total. The van der Waals surface area contributed by atoms with E-state index in [1.54, 1.807) is 6.92 Å². The molecule has 0 saturated carbocycles. The van der Waals surface area contributed by atoms with E-state index in [-0.39, 0.29) is 6.04 Å². The quantitative estimate of drug-likeness (QED) is 0.645. The molecule has 0 aromatic carbocycles. The van der Waals surface area contributed by atoms with E-state index in [9.17, 15) is 8.42 Å². The number of ether oxygens (including phenoxy) is 1. The third-order valence-electron chi connectivity index (χ3n) is 2.34. The van der Waals surface area contributed by atoms with Crippen molar-refractivity contribution in [3.05, 3.63) is 0 Å². The fourth-order valence-corrected chi connectivity index (χ4v) is 2.93. The van der Waals surface area contributed by atoms with Gasteiger partial charge in [0, 0.05) is 38.8 Å². The summed E-state index contributed by atoms with van der Waals surface area (Å²) >= 11 is 0. The van der Waals surface area contributed by atoms with E-state index in [0.29, 0.717) is 39.4 Å². The number of nitrogens with one attached hydrogen (secondary N) is 2. The van der Waals surface area contributed by atoms with Crippen LogP contribution in [0.3, 0.4) is 0 Å². The molecule has 0 aliphatic carbocycles. The fourth-order valence-electron chi connectivity index (χ4n) is 1.54. The van der Waals surface area contributed by atoms with Gasteiger partial charge >= 0.3 is 0 Å². The lowest BCUT2D eigenvalue weighted by Crippen LogP contribution is -2.52. The van der Waals surface area contributed by atoms with Gasteiger partial charge in [-0.1, -0.05) is 0 Å². The second kappa shape index (κ2) is 6.51. The highest BCUT2D eigenvalue weighted by molar-refractivity contribution is 7.87. The zero-order valence-corrected chi connectivity index (χ0v) is 10.7. The summed E-state index contributed by atoms with van der Waals surface area (Å²) in [6.45, 7) is 7.16. The Labute approximate surface area is 97.5 Å². The number of hydrogen-bond donors (Lipinski definition) is 2. The fraction of sp³-hybridized carbons (Fsp3) is 1.00. The smallest absolute Gasteiger partial charge is 0.279 e. The average molecular weight is 251 g/mol. The molecular weight excluding hydrogens is 230 g/mol. The van der Waals surface area contributed by atoms with Gasteiger partial charge in [-0.05, 0) is 13.8 Å². The van der Waals surface area contributed by atoms with Gasteiger partial charge in [-0.3, -0.25) is 0 Å². The van der Waals surface area contributed by atoms with E-state index in [1.165, 1.54) is 4.31 Å². The van der Waals surface area contributed by atoms with Crippen molar-refractivity contribution in [1.29, 1.82) is 0 Å². The Hall–Kier alpha value is -0.210. The first kappa shape index (κ1) is 13.9. The normalized spacial score (nSPS) is 20.9. The van der Waals surface area contributed by atoms with Crippen LogP contribution in [0.25, 0.3) is 0 Å². The third kappa shape index (κ3) is 4.34. The Bertz CT molecular complexity index is 288. The van der Waals surface area contributed by atoms with Gasteiger partial charge in [0.1, 0.15) is 0 Å². The van der Waals surface area contributed by atoms with Crippen molar-refractivity contribution in [3.8, 4) is 0 Å². The van der Waals surface area contributed by atoms with Crippen molar-refractivity contribution < 1.29 is 13.2 Å². The van der Waals surface area contributed by atoms with Crippen molar-refractivity contribution in [2.24, 2.45) is 0 Å². The predicted molar refractivity (Wildman–Crippen MR) is 62.5 cm³/mol. The molecule has 1 aliphatic rings. The average Bonchev–Trinajstić information content (AvgIpc) is 2.27. The first-order valence-corrected chi connectivity index (χ1v) is 7.06. The topological polar surface area (TPSA) is 70.7 Å². The summed E-state index contributed by atoms with van der Waals surface area (Å²) < 4.78 is 33.0. The molecule has 0 amide bonds. The molecule has 1 saturated heterocycles. The monoisotopic (exact) mass is 251 g/mol. The first-order chi connectivity index (χ1) is 7.56. The van der Waals surface area contributed by atoms with Crippen LogP contribution < -0.4 is 10.0 Å². The predicted octanol–water partition coefficient (Wildman–Crippen LogP) is -0.849. The van der Waals surface area contributed by atoms with Gasteiger partial charge in [-0.2, -0.15) is 17.4 Å². The zero-order chi connectivity index (χ0) is 12.0. The largest absolute Gasteiger partial charge is 0.380 e. The molecule has 96 valence electrons. The number of piperazine rings is 1. The maximum Gasteiger partial charge on any atom is 0.279 e. The SMILES string of the molecule is CCOCC(C)NS(=O)(=O)N1CCNCC1. The zero-order valence-electron chi connectivity index (χ0n) is 9.90. The Morgan fingerprint density at radius 1 is 1.44 bits per heavy atom. The molecule has 7 heteroatoms. The number of nitrogens with zero attached hydrogens (tertiary/aromatic N) is 1. The molecule has 0 aromatic rings. The van der Waals surface area contributed by atoms with Crippen LogP contribution in [0, 0.1) is 0 Å². The van der Waals surface area contributed by atoms with Gasteiger partial charge in [0.25, 0.3) is 10.2 Å². The molecule has 16 heavy (non-hydrogen) atoms. The Balaban J connectivity index is 2.43. The van der Waals surface area contributed by atoms with Crippen LogP contribution >= 0.6 is 0 Å². The summed E-state index contributed by atoms with van der Waals surface area (Å²) in [6, 6.07) is -0.195. The Morgan fingerprint density at radius 3 is 2.62 bits per heavy atom. The first-order valence-electron chi connectivity index (χ1n) is 5.62. The summed E-state index contributed by atoms with van der Waals surface area (Å²) in [5, 5.41) is 3.12. The number of hydrogen-bond acceptors (Lipinski definition) is 4. The Kier molecular flexibility index (Phi) is 5.63. The maximum atomic E-state index is 11.9. The summed E-state index contributed by atoms with van der Waals surface area (Å²) in [5.74, 6) is 0. The van der Waals surface area contributed by atoms with Crippen LogP contribution in [0.15, 0.2) is 0 Å².